The first-order valence-corrected chi connectivity index (χ1v) is 6.83. The van der Waals surface area contributed by atoms with Gasteiger partial charge in [-0.1, -0.05) is 13.8 Å². The molecule has 0 bridgehead atoms. The summed E-state index contributed by atoms with van der Waals surface area (Å²) in [6, 6.07) is 2.74. The van der Waals surface area contributed by atoms with Crippen molar-refractivity contribution >= 4 is 5.82 Å². The predicted molar refractivity (Wildman–Crippen MR) is 74.6 cm³/mol. The number of hydrogen-bond donors (Lipinski definition) is 3. The summed E-state index contributed by atoms with van der Waals surface area (Å²) in [5, 5.41) is 11.2. The van der Waals surface area contributed by atoms with E-state index in [9.17, 15) is 0 Å². The summed E-state index contributed by atoms with van der Waals surface area (Å²) >= 11 is 0. The van der Waals surface area contributed by atoms with E-state index in [0.717, 1.165) is 25.5 Å². The van der Waals surface area contributed by atoms with Gasteiger partial charge in [-0.15, -0.1) is 0 Å². The average molecular weight is 251 g/mol. The minimum Gasteiger partial charge on any atom is -0.370 e. The monoisotopic (exact) mass is 251 g/mol. The fourth-order valence-corrected chi connectivity index (χ4v) is 2.44. The van der Waals surface area contributed by atoms with Gasteiger partial charge >= 0.3 is 0 Å². The zero-order valence-electron chi connectivity index (χ0n) is 11.6. The zero-order chi connectivity index (χ0) is 13.1. The first-order chi connectivity index (χ1) is 8.59. The van der Waals surface area contributed by atoms with Crippen molar-refractivity contribution < 1.29 is 0 Å². The maximum absolute atomic E-state index is 6.04. The summed E-state index contributed by atoms with van der Waals surface area (Å²) < 4.78 is 2.08. The van der Waals surface area contributed by atoms with Gasteiger partial charge in [-0.05, 0) is 18.8 Å². The molecule has 18 heavy (non-hydrogen) atoms. The zero-order valence-corrected chi connectivity index (χ0v) is 11.6. The van der Waals surface area contributed by atoms with Gasteiger partial charge in [0.2, 0.25) is 0 Å². The Hall–Kier alpha value is -1.07. The van der Waals surface area contributed by atoms with Gasteiger partial charge < -0.3 is 16.4 Å². The fraction of sp³-hybridized carbons (Fsp3) is 0.769. The maximum Gasteiger partial charge on any atom is 0.124 e. The van der Waals surface area contributed by atoms with Gasteiger partial charge in [0.05, 0.1) is 12.2 Å². The van der Waals surface area contributed by atoms with E-state index in [1.165, 1.54) is 0 Å². The van der Waals surface area contributed by atoms with Crippen LogP contribution in [0.25, 0.3) is 0 Å². The van der Waals surface area contributed by atoms with Crippen LogP contribution in [0.4, 0.5) is 5.82 Å². The van der Waals surface area contributed by atoms with E-state index >= 15 is 0 Å². The van der Waals surface area contributed by atoms with Crippen molar-refractivity contribution in [3.8, 4) is 0 Å². The van der Waals surface area contributed by atoms with Gasteiger partial charge in [0.1, 0.15) is 5.82 Å². The van der Waals surface area contributed by atoms with Gasteiger partial charge in [0.25, 0.3) is 0 Å². The molecule has 2 unspecified atom stereocenters. The highest BCUT2D eigenvalue weighted by molar-refractivity contribution is 5.35. The molecule has 1 aliphatic rings. The molecule has 5 heteroatoms. The van der Waals surface area contributed by atoms with Gasteiger partial charge in [-0.3, -0.25) is 0 Å². The van der Waals surface area contributed by atoms with Gasteiger partial charge in [0, 0.05) is 31.7 Å². The highest BCUT2D eigenvalue weighted by atomic mass is 15.4. The summed E-state index contributed by atoms with van der Waals surface area (Å²) in [6.07, 6.45) is 1.86. The highest BCUT2D eigenvalue weighted by Gasteiger charge is 2.23. The largest absolute Gasteiger partial charge is 0.370 e. The Kier molecular flexibility index (Phi) is 4.24. The van der Waals surface area contributed by atoms with Crippen LogP contribution in [-0.4, -0.2) is 35.5 Å². The van der Waals surface area contributed by atoms with Crippen molar-refractivity contribution in [2.24, 2.45) is 17.6 Å². The van der Waals surface area contributed by atoms with E-state index in [1.54, 1.807) is 0 Å². The Balaban J connectivity index is 1.94. The van der Waals surface area contributed by atoms with Gasteiger partial charge in [-0.2, -0.15) is 5.10 Å². The number of nitrogens with one attached hydrogen (secondary N) is 2. The van der Waals surface area contributed by atoms with Crippen LogP contribution in [0, 0.1) is 11.8 Å². The van der Waals surface area contributed by atoms with Crippen LogP contribution < -0.4 is 16.4 Å². The molecular weight excluding hydrogens is 226 g/mol. The topological polar surface area (TPSA) is 67.9 Å². The number of aromatic nitrogens is 2. The third-order valence-corrected chi connectivity index (χ3v) is 3.83. The fourth-order valence-electron chi connectivity index (χ4n) is 2.44. The third kappa shape index (κ3) is 2.84. The van der Waals surface area contributed by atoms with E-state index < -0.39 is 0 Å². The normalized spacial score (nSPS) is 19.6. The summed E-state index contributed by atoms with van der Waals surface area (Å²) in [6.45, 7) is 9.46. The minimum absolute atomic E-state index is 0.208. The molecule has 2 atom stereocenters. The molecule has 1 aromatic rings. The molecule has 0 spiro atoms. The molecule has 0 radical (unpaired) electrons. The number of anilines is 1. The molecule has 0 aromatic carbocycles. The second kappa shape index (κ2) is 5.71. The SMILES string of the molecule is CC(C)C(CNc1ccnn1C1CNC1)C(C)N. The Morgan fingerprint density at radius 1 is 1.50 bits per heavy atom. The molecule has 1 aromatic heterocycles. The number of hydrogen-bond acceptors (Lipinski definition) is 4. The van der Waals surface area contributed by atoms with Crippen LogP contribution in [-0.2, 0) is 0 Å². The number of rotatable bonds is 6. The van der Waals surface area contributed by atoms with Crippen molar-refractivity contribution in [1.82, 2.24) is 15.1 Å². The van der Waals surface area contributed by atoms with Crippen molar-refractivity contribution in [2.45, 2.75) is 32.9 Å². The van der Waals surface area contributed by atoms with E-state index in [2.05, 4.69) is 41.2 Å². The number of nitrogens with zero attached hydrogens (tertiary/aromatic N) is 2. The molecule has 1 saturated heterocycles. The molecule has 0 saturated carbocycles. The molecule has 0 amide bonds. The average Bonchev–Trinajstić information content (AvgIpc) is 2.63. The Morgan fingerprint density at radius 3 is 2.72 bits per heavy atom. The van der Waals surface area contributed by atoms with E-state index in [4.69, 9.17) is 5.73 Å². The van der Waals surface area contributed by atoms with Crippen LogP contribution in [0.3, 0.4) is 0 Å². The summed E-state index contributed by atoms with van der Waals surface area (Å²) in [4.78, 5) is 0. The lowest BCUT2D eigenvalue weighted by Gasteiger charge is -2.30. The standard InChI is InChI=1S/C13H25N5/c1-9(2)12(10(3)14)8-16-13-4-5-17-18(13)11-6-15-7-11/h4-5,9-12,15-16H,6-8,14H2,1-3H3. The molecule has 1 fully saturated rings. The molecule has 4 N–H and O–H groups in total. The van der Waals surface area contributed by atoms with Crippen LogP contribution in [0.2, 0.25) is 0 Å². The third-order valence-electron chi connectivity index (χ3n) is 3.83. The molecule has 102 valence electrons. The molecule has 2 rings (SSSR count). The van der Waals surface area contributed by atoms with E-state index in [1.807, 2.05) is 12.3 Å². The smallest absolute Gasteiger partial charge is 0.124 e. The quantitative estimate of drug-likeness (QED) is 0.707. The summed E-state index contributed by atoms with van der Waals surface area (Å²) in [5.41, 5.74) is 6.04. The summed E-state index contributed by atoms with van der Waals surface area (Å²) in [7, 11) is 0. The van der Waals surface area contributed by atoms with Crippen molar-refractivity contribution in [2.75, 3.05) is 25.0 Å². The molecule has 2 heterocycles. The van der Waals surface area contributed by atoms with Crippen molar-refractivity contribution in [3.63, 3.8) is 0 Å². The number of nitrogens with two attached hydrogens (primary N) is 1. The second-order valence-electron chi connectivity index (χ2n) is 5.62. The summed E-state index contributed by atoms with van der Waals surface area (Å²) in [5.74, 6) is 2.17. The lowest BCUT2D eigenvalue weighted by atomic mass is 9.90. The first-order valence-electron chi connectivity index (χ1n) is 6.83. The molecular formula is C13H25N5. The Labute approximate surface area is 109 Å². The minimum atomic E-state index is 0.208. The Bertz CT molecular complexity index is 359. The molecule has 5 nitrogen and oxygen atoms in total. The van der Waals surface area contributed by atoms with Gasteiger partial charge in [-0.25, -0.2) is 4.68 Å². The second-order valence-corrected chi connectivity index (χ2v) is 5.62. The lowest BCUT2D eigenvalue weighted by Crippen LogP contribution is -2.44. The van der Waals surface area contributed by atoms with Crippen LogP contribution in [0.1, 0.15) is 26.8 Å². The lowest BCUT2D eigenvalue weighted by molar-refractivity contribution is 0.318. The highest BCUT2D eigenvalue weighted by Crippen LogP contribution is 2.19. The Morgan fingerprint density at radius 2 is 2.22 bits per heavy atom. The van der Waals surface area contributed by atoms with Crippen LogP contribution in [0.5, 0.6) is 0 Å². The first kappa shape index (κ1) is 13.4. The molecule has 0 aliphatic carbocycles. The van der Waals surface area contributed by atoms with Crippen LogP contribution in [0.15, 0.2) is 12.3 Å². The van der Waals surface area contributed by atoms with Crippen LogP contribution >= 0.6 is 0 Å². The van der Waals surface area contributed by atoms with E-state index in [0.29, 0.717) is 17.9 Å². The van der Waals surface area contributed by atoms with E-state index in [-0.39, 0.29) is 6.04 Å². The predicted octanol–water partition coefficient (Wildman–Crippen LogP) is 1.06. The molecule has 1 aliphatic heterocycles. The van der Waals surface area contributed by atoms with Crippen molar-refractivity contribution in [1.29, 1.82) is 0 Å². The van der Waals surface area contributed by atoms with Crippen molar-refractivity contribution in [3.05, 3.63) is 12.3 Å². The van der Waals surface area contributed by atoms with Gasteiger partial charge in [0.15, 0.2) is 0 Å². The maximum atomic E-state index is 6.04.